The van der Waals surface area contributed by atoms with E-state index < -0.39 is 0 Å². The average Bonchev–Trinajstić information content (AvgIpc) is 2.81. The number of benzene rings is 2. The van der Waals surface area contributed by atoms with E-state index in [0.717, 1.165) is 16.7 Å². The van der Waals surface area contributed by atoms with Crippen LogP contribution in [0, 0.1) is 0 Å². The van der Waals surface area contributed by atoms with Gasteiger partial charge in [0.2, 0.25) is 0 Å². The Kier molecular flexibility index (Phi) is 2.59. The summed E-state index contributed by atoms with van der Waals surface area (Å²) < 4.78 is 0. The third-order valence-electron chi connectivity index (χ3n) is 2.98. The van der Waals surface area contributed by atoms with Crippen LogP contribution in [0.2, 0.25) is 0 Å². The molecule has 0 atom stereocenters. The lowest BCUT2D eigenvalue weighted by molar-refractivity contribution is 0.468. The van der Waals surface area contributed by atoms with Gasteiger partial charge in [-0.1, -0.05) is 12.1 Å². The summed E-state index contributed by atoms with van der Waals surface area (Å²) >= 11 is 0. The highest BCUT2D eigenvalue weighted by Gasteiger charge is 2.09. The Labute approximate surface area is 110 Å². The molecule has 0 aliphatic heterocycles. The summed E-state index contributed by atoms with van der Waals surface area (Å²) in [5.41, 5.74) is 3.11. The van der Waals surface area contributed by atoms with Gasteiger partial charge in [-0.2, -0.15) is 0 Å². The van der Waals surface area contributed by atoms with Gasteiger partial charge in [0.05, 0.1) is 0 Å². The van der Waals surface area contributed by atoms with E-state index in [0.29, 0.717) is 5.69 Å². The predicted octanol–water partition coefficient (Wildman–Crippen LogP) is 2.19. The molecule has 0 saturated carbocycles. The Morgan fingerprint density at radius 3 is 2.16 bits per heavy atom. The molecule has 0 amide bonds. The molecule has 0 saturated heterocycles. The highest BCUT2D eigenvalue weighted by Crippen LogP contribution is 2.26. The molecule has 0 fully saturated rings. The van der Waals surface area contributed by atoms with Crippen molar-refractivity contribution in [2.75, 3.05) is 19.0 Å². The van der Waals surface area contributed by atoms with Gasteiger partial charge in [0.15, 0.2) is 0 Å². The van der Waals surface area contributed by atoms with Crippen molar-refractivity contribution in [1.82, 2.24) is 15.0 Å². The Bertz CT molecular complexity index is 700. The van der Waals surface area contributed by atoms with Crippen molar-refractivity contribution in [3.63, 3.8) is 0 Å². The smallest absolute Gasteiger partial charge is 0.145 e. The number of hydrogen-bond donors (Lipinski definition) is 1. The van der Waals surface area contributed by atoms with E-state index in [9.17, 15) is 5.11 Å². The third-order valence-corrected chi connectivity index (χ3v) is 2.98. The van der Waals surface area contributed by atoms with Crippen LogP contribution in [0.5, 0.6) is 5.75 Å². The van der Waals surface area contributed by atoms with Crippen LogP contribution >= 0.6 is 0 Å². The molecule has 1 aromatic heterocycles. The molecular formula is C14H14N4O. The second-order valence-corrected chi connectivity index (χ2v) is 4.55. The average molecular weight is 254 g/mol. The van der Waals surface area contributed by atoms with E-state index in [1.165, 1.54) is 4.80 Å². The van der Waals surface area contributed by atoms with Crippen molar-refractivity contribution in [2.45, 2.75) is 0 Å². The molecule has 0 spiro atoms. The molecule has 5 nitrogen and oxygen atoms in total. The Hall–Kier alpha value is -2.56. The number of fused-ring (bicyclic) bond motifs is 1. The number of hydrogen-bond acceptors (Lipinski definition) is 4. The number of aromatic hydroxyl groups is 1. The highest BCUT2D eigenvalue weighted by atomic mass is 16.3. The van der Waals surface area contributed by atoms with Crippen molar-refractivity contribution in [2.24, 2.45) is 0 Å². The molecule has 0 radical (unpaired) electrons. The molecule has 96 valence electrons. The van der Waals surface area contributed by atoms with E-state index in [-0.39, 0.29) is 5.75 Å². The van der Waals surface area contributed by atoms with Crippen molar-refractivity contribution in [1.29, 1.82) is 0 Å². The summed E-state index contributed by atoms with van der Waals surface area (Å²) in [6.45, 7) is 0. The second-order valence-electron chi connectivity index (χ2n) is 4.55. The molecule has 2 aromatic carbocycles. The van der Waals surface area contributed by atoms with Gasteiger partial charge in [-0.25, -0.2) is 0 Å². The standard InChI is InChI=1S/C14H14N4O/c1-17(2)10-7-8-13(14(19)9-10)18-15-11-5-3-4-6-12(11)16-18/h3-9,19H,1-2H3. The fourth-order valence-electron chi connectivity index (χ4n) is 1.93. The first-order chi connectivity index (χ1) is 9.15. The summed E-state index contributed by atoms with van der Waals surface area (Å²) in [4.78, 5) is 3.38. The second kappa shape index (κ2) is 4.28. The van der Waals surface area contributed by atoms with Gasteiger partial charge in [0, 0.05) is 25.8 Å². The molecule has 3 aromatic rings. The van der Waals surface area contributed by atoms with E-state index in [1.807, 2.05) is 55.4 Å². The van der Waals surface area contributed by atoms with Crippen molar-refractivity contribution in [3.05, 3.63) is 42.5 Å². The van der Waals surface area contributed by atoms with E-state index in [4.69, 9.17) is 0 Å². The van der Waals surface area contributed by atoms with Crippen LogP contribution in [0.15, 0.2) is 42.5 Å². The maximum Gasteiger partial charge on any atom is 0.145 e. The van der Waals surface area contributed by atoms with Crippen LogP contribution in [0.1, 0.15) is 0 Å². The van der Waals surface area contributed by atoms with Crippen molar-refractivity contribution in [3.8, 4) is 11.4 Å². The lowest BCUT2D eigenvalue weighted by Gasteiger charge is -2.13. The molecule has 1 N–H and O–H groups in total. The molecule has 1 heterocycles. The molecule has 0 aliphatic carbocycles. The topological polar surface area (TPSA) is 54.2 Å². The maximum absolute atomic E-state index is 10.1. The molecule has 0 aliphatic rings. The van der Waals surface area contributed by atoms with Crippen LogP contribution in [-0.2, 0) is 0 Å². The molecule has 0 bridgehead atoms. The number of anilines is 1. The zero-order valence-corrected chi connectivity index (χ0v) is 10.8. The number of rotatable bonds is 2. The van der Waals surface area contributed by atoms with Crippen LogP contribution in [0.3, 0.4) is 0 Å². The fraction of sp³-hybridized carbons (Fsp3) is 0.143. The molecular weight excluding hydrogens is 240 g/mol. The van der Waals surface area contributed by atoms with E-state index >= 15 is 0 Å². The predicted molar refractivity (Wildman–Crippen MR) is 74.9 cm³/mol. The first-order valence-electron chi connectivity index (χ1n) is 5.98. The summed E-state index contributed by atoms with van der Waals surface area (Å²) in [6.07, 6.45) is 0. The van der Waals surface area contributed by atoms with Crippen LogP contribution < -0.4 is 4.90 Å². The third kappa shape index (κ3) is 1.99. The van der Waals surface area contributed by atoms with Gasteiger partial charge in [0.25, 0.3) is 0 Å². The molecule has 3 rings (SSSR count). The fourth-order valence-corrected chi connectivity index (χ4v) is 1.93. The molecule has 0 unspecified atom stereocenters. The van der Waals surface area contributed by atoms with Gasteiger partial charge in [-0.05, 0) is 24.3 Å². The Balaban J connectivity index is 2.11. The maximum atomic E-state index is 10.1. The Morgan fingerprint density at radius 1 is 1.00 bits per heavy atom. The summed E-state index contributed by atoms with van der Waals surface area (Å²) in [5, 5.41) is 18.8. The van der Waals surface area contributed by atoms with Gasteiger partial charge in [-0.15, -0.1) is 15.0 Å². The van der Waals surface area contributed by atoms with Crippen molar-refractivity contribution < 1.29 is 5.11 Å². The highest BCUT2D eigenvalue weighted by molar-refractivity contribution is 5.73. The van der Waals surface area contributed by atoms with Gasteiger partial charge < -0.3 is 10.0 Å². The number of nitrogens with zero attached hydrogens (tertiary/aromatic N) is 4. The van der Waals surface area contributed by atoms with E-state index in [2.05, 4.69) is 10.2 Å². The van der Waals surface area contributed by atoms with Gasteiger partial charge in [0.1, 0.15) is 22.5 Å². The first kappa shape index (κ1) is 11.5. The zero-order chi connectivity index (χ0) is 13.4. The quantitative estimate of drug-likeness (QED) is 0.761. The lowest BCUT2D eigenvalue weighted by Crippen LogP contribution is -2.09. The van der Waals surface area contributed by atoms with Crippen molar-refractivity contribution >= 4 is 16.7 Å². The largest absolute Gasteiger partial charge is 0.506 e. The summed E-state index contributed by atoms with van der Waals surface area (Å²) in [7, 11) is 3.85. The number of phenols is 1. The summed E-state index contributed by atoms with van der Waals surface area (Å²) in [6, 6.07) is 13.0. The van der Waals surface area contributed by atoms with Gasteiger partial charge in [-0.3, -0.25) is 0 Å². The van der Waals surface area contributed by atoms with Gasteiger partial charge >= 0.3 is 0 Å². The normalized spacial score (nSPS) is 10.8. The monoisotopic (exact) mass is 254 g/mol. The molecule has 5 heteroatoms. The van der Waals surface area contributed by atoms with E-state index in [1.54, 1.807) is 6.07 Å². The number of aromatic nitrogens is 3. The van der Waals surface area contributed by atoms with Crippen LogP contribution in [0.25, 0.3) is 16.7 Å². The zero-order valence-electron chi connectivity index (χ0n) is 10.8. The SMILES string of the molecule is CN(C)c1ccc(-n2nc3ccccc3n2)c(O)c1. The lowest BCUT2D eigenvalue weighted by atomic mass is 10.2. The minimum absolute atomic E-state index is 0.159. The van der Waals surface area contributed by atoms with Crippen LogP contribution in [0.4, 0.5) is 5.69 Å². The summed E-state index contributed by atoms with van der Waals surface area (Å²) in [5.74, 6) is 0.159. The molecule has 19 heavy (non-hydrogen) atoms. The number of phenolic OH excluding ortho intramolecular Hbond substituents is 1. The first-order valence-corrected chi connectivity index (χ1v) is 5.98. The minimum atomic E-state index is 0.159. The minimum Gasteiger partial charge on any atom is -0.506 e. The van der Waals surface area contributed by atoms with Crippen LogP contribution in [-0.4, -0.2) is 34.2 Å². The Morgan fingerprint density at radius 2 is 1.63 bits per heavy atom.